The molecule has 1 aromatic heterocycles. The lowest BCUT2D eigenvalue weighted by atomic mass is 10.1. The molecule has 0 atom stereocenters. The highest BCUT2D eigenvalue weighted by atomic mass is 16.5. The van der Waals surface area contributed by atoms with Crippen LogP contribution >= 0.6 is 0 Å². The lowest BCUT2D eigenvalue weighted by Gasteiger charge is -2.07. The van der Waals surface area contributed by atoms with E-state index in [1.54, 1.807) is 12.1 Å². The van der Waals surface area contributed by atoms with Gasteiger partial charge in [-0.25, -0.2) is 4.79 Å². The molecule has 0 saturated carbocycles. The van der Waals surface area contributed by atoms with Gasteiger partial charge < -0.3 is 14.9 Å². The number of benzene rings is 1. The third kappa shape index (κ3) is 2.90. The third-order valence-electron chi connectivity index (χ3n) is 2.60. The average molecular weight is 257 g/mol. The van der Waals surface area contributed by atoms with Crippen LogP contribution in [0.4, 0.5) is 5.69 Å². The first-order valence-corrected chi connectivity index (χ1v) is 5.53. The van der Waals surface area contributed by atoms with Crippen LogP contribution in [0.15, 0.2) is 28.8 Å². The Morgan fingerprint density at radius 3 is 2.95 bits per heavy atom. The van der Waals surface area contributed by atoms with E-state index in [4.69, 9.17) is 14.9 Å². The number of hydrogen-bond donors (Lipinski definition) is 2. The minimum atomic E-state index is -1.13. The van der Waals surface area contributed by atoms with E-state index in [1.807, 2.05) is 13.0 Å². The van der Waals surface area contributed by atoms with Gasteiger partial charge in [-0.05, 0) is 24.6 Å². The molecule has 0 saturated heterocycles. The Hall–Kier alpha value is -2.81. The highest BCUT2D eigenvalue weighted by molar-refractivity contribution is 5.85. The molecule has 0 bridgehead atoms. The van der Waals surface area contributed by atoms with Crippen LogP contribution in [-0.2, 0) is 6.54 Å². The molecule has 0 amide bonds. The summed E-state index contributed by atoms with van der Waals surface area (Å²) in [6, 6.07) is 8.72. The molecular formula is C13H11N3O3. The van der Waals surface area contributed by atoms with Crippen LogP contribution in [-0.4, -0.2) is 16.2 Å². The maximum absolute atomic E-state index is 10.6. The number of nitrogens with one attached hydrogen (secondary N) is 1. The van der Waals surface area contributed by atoms with Crippen molar-refractivity contribution >= 4 is 11.7 Å². The summed E-state index contributed by atoms with van der Waals surface area (Å²) in [5, 5.41) is 24.0. The first kappa shape index (κ1) is 12.6. The quantitative estimate of drug-likeness (QED) is 0.870. The van der Waals surface area contributed by atoms with Crippen LogP contribution in [0.2, 0.25) is 0 Å². The smallest absolute Gasteiger partial charge is 0.358 e. The molecule has 0 aliphatic rings. The van der Waals surface area contributed by atoms with Crippen LogP contribution in [0, 0.1) is 18.3 Å². The number of nitriles is 1. The lowest BCUT2D eigenvalue weighted by Crippen LogP contribution is -2.00. The predicted molar refractivity (Wildman–Crippen MR) is 66.7 cm³/mol. The minimum absolute atomic E-state index is 0.126. The molecule has 0 aliphatic carbocycles. The number of anilines is 1. The van der Waals surface area contributed by atoms with Crippen LogP contribution in [0.25, 0.3) is 0 Å². The Balaban J connectivity index is 2.09. The number of aromatic carboxylic acids is 1. The molecule has 0 fully saturated rings. The van der Waals surface area contributed by atoms with Crippen LogP contribution in [0.3, 0.4) is 0 Å². The third-order valence-corrected chi connectivity index (χ3v) is 2.60. The van der Waals surface area contributed by atoms with Crippen molar-refractivity contribution in [3.63, 3.8) is 0 Å². The van der Waals surface area contributed by atoms with E-state index in [1.165, 1.54) is 6.07 Å². The molecule has 0 spiro atoms. The molecule has 0 unspecified atom stereocenters. The van der Waals surface area contributed by atoms with Gasteiger partial charge in [-0.15, -0.1) is 0 Å². The summed E-state index contributed by atoms with van der Waals surface area (Å²) in [5.41, 5.74) is 2.21. The normalized spacial score (nSPS) is 9.89. The van der Waals surface area contributed by atoms with Crippen molar-refractivity contribution in [1.82, 2.24) is 5.16 Å². The molecular weight excluding hydrogens is 246 g/mol. The second kappa shape index (κ2) is 5.23. The van der Waals surface area contributed by atoms with Crippen molar-refractivity contribution in [2.75, 3.05) is 5.32 Å². The molecule has 1 heterocycles. The Morgan fingerprint density at radius 1 is 1.53 bits per heavy atom. The monoisotopic (exact) mass is 257 g/mol. The molecule has 19 heavy (non-hydrogen) atoms. The van der Waals surface area contributed by atoms with E-state index in [2.05, 4.69) is 16.5 Å². The topological polar surface area (TPSA) is 99.2 Å². The zero-order chi connectivity index (χ0) is 13.8. The fourth-order valence-electron chi connectivity index (χ4n) is 1.56. The SMILES string of the molecule is Cc1ccc(C#N)cc1NCc1cc(C(=O)O)no1. The molecule has 96 valence electrons. The summed E-state index contributed by atoms with van der Waals surface area (Å²) < 4.78 is 4.89. The van der Waals surface area contributed by atoms with Crippen molar-refractivity contribution < 1.29 is 14.4 Å². The number of aryl methyl sites for hydroxylation is 1. The summed E-state index contributed by atoms with van der Waals surface area (Å²) in [6.45, 7) is 2.21. The molecule has 6 heteroatoms. The fraction of sp³-hybridized carbons (Fsp3) is 0.154. The Bertz CT molecular complexity index is 655. The number of carbonyl (C=O) groups is 1. The highest BCUT2D eigenvalue weighted by Crippen LogP contribution is 2.17. The lowest BCUT2D eigenvalue weighted by molar-refractivity contribution is 0.0685. The van der Waals surface area contributed by atoms with Crippen molar-refractivity contribution in [3.05, 3.63) is 46.8 Å². The molecule has 6 nitrogen and oxygen atoms in total. The van der Waals surface area contributed by atoms with Crippen molar-refractivity contribution in [2.45, 2.75) is 13.5 Å². The van der Waals surface area contributed by atoms with Gasteiger partial charge in [-0.2, -0.15) is 5.26 Å². The number of aromatic nitrogens is 1. The molecule has 2 rings (SSSR count). The van der Waals surface area contributed by atoms with E-state index >= 15 is 0 Å². The van der Waals surface area contributed by atoms with Gasteiger partial charge >= 0.3 is 5.97 Å². The van der Waals surface area contributed by atoms with Gasteiger partial charge in [0.05, 0.1) is 18.2 Å². The van der Waals surface area contributed by atoms with Crippen LogP contribution in [0.1, 0.15) is 27.4 Å². The van der Waals surface area contributed by atoms with Crippen molar-refractivity contribution in [3.8, 4) is 6.07 Å². The van der Waals surface area contributed by atoms with E-state index in [9.17, 15) is 4.79 Å². The van der Waals surface area contributed by atoms with Gasteiger partial charge in [0, 0.05) is 11.8 Å². The Kier molecular flexibility index (Phi) is 3.48. The van der Waals surface area contributed by atoms with E-state index in [0.717, 1.165) is 11.3 Å². The first-order chi connectivity index (χ1) is 9.10. The van der Waals surface area contributed by atoms with Gasteiger partial charge in [-0.1, -0.05) is 11.2 Å². The number of nitrogens with zero attached hydrogens (tertiary/aromatic N) is 2. The second-order valence-electron chi connectivity index (χ2n) is 3.98. The molecule has 2 N–H and O–H groups in total. The van der Waals surface area contributed by atoms with Gasteiger partial charge in [0.1, 0.15) is 0 Å². The summed E-state index contributed by atoms with van der Waals surface area (Å²) in [7, 11) is 0. The summed E-state index contributed by atoms with van der Waals surface area (Å²) >= 11 is 0. The summed E-state index contributed by atoms with van der Waals surface area (Å²) in [5.74, 6) is -0.711. The molecule has 0 aliphatic heterocycles. The zero-order valence-electron chi connectivity index (χ0n) is 10.2. The van der Waals surface area contributed by atoms with Gasteiger partial charge in [0.2, 0.25) is 0 Å². The number of rotatable bonds is 4. The number of hydrogen-bond acceptors (Lipinski definition) is 5. The van der Waals surface area contributed by atoms with Crippen molar-refractivity contribution in [2.24, 2.45) is 0 Å². The maximum Gasteiger partial charge on any atom is 0.358 e. The second-order valence-corrected chi connectivity index (χ2v) is 3.98. The Morgan fingerprint density at radius 2 is 2.32 bits per heavy atom. The first-order valence-electron chi connectivity index (χ1n) is 5.53. The summed E-state index contributed by atoms with van der Waals surface area (Å²) in [6.07, 6.45) is 0. The predicted octanol–water partition coefficient (Wildman–Crippen LogP) is 2.17. The largest absolute Gasteiger partial charge is 0.476 e. The van der Waals surface area contributed by atoms with E-state index in [-0.39, 0.29) is 5.69 Å². The molecule has 1 aromatic carbocycles. The highest BCUT2D eigenvalue weighted by Gasteiger charge is 2.10. The van der Waals surface area contributed by atoms with E-state index < -0.39 is 5.97 Å². The maximum atomic E-state index is 10.6. The number of carboxylic acids is 1. The summed E-state index contributed by atoms with van der Waals surface area (Å²) in [4.78, 5) is 10.6. The van der Waals surface area contributed by atoms with Gasteiger partial charge in [0.15, 0.2) is 11.5 Å². The Labute approximate surface area is 109 Å². The zero-order valence-corrected chi connectivity index (χ0v) is 10.2. The fourth-order valence-corrected chi connectivity index (χ4v) is 1.56. The standard InChI is InChI=1S/C13H11N3O3/c1-8-2-3-9(6-14)4-11(8)15-7-10-5-12(13(17)18)16-19-10/h2-5,15H,7H2,1H3,(H,17,18). The van der Waals surface area contributed by atoms with Crippen molar-refractivity contribution in [1.29, 1.82) is 5.26 Å². The van der Waals surface area contributed by atoms with Crippen LogP contribution < -0.4 is 5.32 Å². The number of carboxylic acid groups (broad SMARTS) is 1. The van der Waals surface area contributed by atoms with Crippen LogP contribution in [0.5, 0.6) is 0 Å². The van der Waals surface area contributed by atoms with Gasteiger partial charge in [-0.3, -0.25) is 0 Å². The molecule has 2 aromatic rings. The molecule has 0 radical (unpaired) electrons. The van der Waals surface area contributed by atoms with Gasteiger partial charge in [0.25, 0.3) is 0 Å². The average Bonchev–Trinajstić information content (AvgIpc) is 2.87. The minimum Gasteiger partial charge on any atom is -0.476 e. The van der Waals surface area contributed by atoms with E-state index in [0.29, 0.717) is 17.9 Å².